The SMILES string of the molecule is CCCCC(C)=O.CCCCNC(=O)c1cc(NC(=O)C2=CCC(C3CC3)=N2)[c-]cc1Cl.[CH3-].[CH3-].[K+]. The molecule has 0 atom stereocenters. The van der Waals surface area contributed by atoms with Gasteiger partial charge in [-0.05, 0) is 44.6 Å². The summed E-state index contributed by atoms with van der Waals surface area (Å²) >= 11 is 6.09. The van der Waals surface area contributed by atoms with Gasteiger partial charge in [0.05, 0.1) is 0 Å². The van der Waals surface area contributed by atoms with Crippen LogP contribution in [-0.4, -0.2) is 29.9 Å². The second kappa shape index (κ2) is 19.3. The van der Waals surface area contributed by atoms with Gasteiger partial charge in [-0.15, -0.1) is 6.07 Å². The van der Waals surface area contributed by atoms with Crippen molar-refractivity contribution in [1.82, 2.24) is 5.32 Å². The predicted molar refractivity (Wildman–Crippen MR) is 142 cm³/mol. The molecule has 2 aliphatic rings. The van der Waals surface area contributed by atoms with E-state index in [2.05, 4.69) is 35.5 Å². The van der Waals surface area contributed by atoms with Crippen LogP contribution in [0.2, 0.25) is 5.02 Å². The average Bonchev–Trinajstić information content (AvgIpc) is 3.50. The van der Waals surface area contributed by atoms with E-state index in [-0.39, 0.29) is 78.1 Å². The summed E-state index contributed by atoms with van der Waals surface area (Å²) in [5, 5.41) is 5.87. The molecule has 8 heteroatoms. The second-order valence-corrected chi connectivity index (χ2v) is 8.56. The van der Waals surface area contributed by atoms with Crippen LogP contribution in [-0.2, 0) is 9.59 Å². The van der Waals surface area contributed by atoms with E-state index in [0.29, 0.717) is 40.2 Å². The van der Waals surface area contributed by atoms with E-state index in [1.165, 1.54) is 18.9 Å². The first-order valence-corrected chi connectivity index (χ1v) is 11.8. The molecule has 0 radical (unpaired) electrons. The number of hydrogen-bond donors (Lipinski definition) is 2. The number of nitrogens with zero attached hydrogens (tertiary/aromatic N) is 1. The van der Waals surface area contributed by atoms with Gasteiger partial charge in [-0.25, -0.2) is 0 Å². The van der Waals surface area contributed by atoms with Crippen molar-refractivity contribution in [2.45, 2.75) is 72.1 Å². The van der Waals surface area contributed by atoms with Gasteiger partial charge in [-0.1, -0.05) is 43.0 Å². The van der Waals surface area contributed by atoms with Crippen LogP contribution in [0.25, 0.3) is 0 Å². The van der Waals surface area contributed by atoms with Crippen molar-refractivity contribution in [3.8, 4) is 0 Å². The Morgan fingerprint density at radius 1 is 1.11 bits per heavy atom. The van der Waals surface area contributed by atoms with Crippen molar-refractivity contribution >= 4 is 40.6 Å². The van der Waals surface area contributed by atoms with Crippen LogP contribution < -0.4 is 62.0 Å². The van der Waals surface area contributed by atoms with E-state index in [4.69, 9.17) is 11.6 Å². The molecule has 3 rings (SSSR count). The zero-order chi connectivity index (χ0) is 23.5. The maximum atomic E-state index is 12.3. The van der Waals surface area contributed by atoms with Crippen LogP contribution in [0.5, 0.6) is 0 Å². The number of benzene rings is 1. The maximum Gasteiger partial charge on any atom is 1.00 e. The fourth-order valence-electron chi connectivity index (χ4n) is 3.07. The molecule has 1 fully saturated rings. The number of halogens is 1. The Balaban J connectivity index is 0. The minimum Gasteiger partial charge on any atom is -0.358 e. The Labute approximate surface area is 259 Å². The predicted octanol–water partition coefficient (Wildman–Crippen LogP) is 3.42. The molecule has 0 saturated heterocycles. The van der Waals surface area contributed by atoms with Crippen LogP contribution >= 0.6 is 11.6 Å². The number of carbonyl (C=O) groups excluding carboxylic acids is 3. The van der Waals surface area contributed by atoms with Crippen LogP contribution in [0.3, 0.4) is 0 Å². The normalized spacial score (nSPS) is 13.4. The minimum atomic E-state index is -0.286. The van der Waals surface area contributed by atoms with E-state index in [9.17, 15) is 14.4 Å². The van der Waals surface area contributed by atoms with Crippen molar-refractivity contribution in [3.63, 3.8) is 0 Å². The standard InChI is InChI=1S/C19H21ClN3O2.C6H12O.2CH3.K/c1-2-3-10-21-18(24)14-11-13(6-7-15(14)20)22-19(25)17-9-8-16(23-17)12-4-5-12;1-3-4-5-6(2)7;;;/h7,9,11-12H,2-5,8,10H2,1H3,(H,21,24)(H,22,25);3-5H2,1-2H3;2*1H3;/q-1;;2*-1;+1. The first kappa shape index (κ1) is 36.3. The Morgan fingerprint density at radius 2 is 1.77 bits per heavy atom. The molecule has 0 aromatic heterocycles. The van der Waals surface area contributed by atoms with Gasteiger partial charge in [-0.3, -0.25) is 14.6 Å². The number of carbonyl (C=O) groups is 3. The number of unbranched alkanes of at least 4 members (excludes halogenated alkanes) is 2. The molecule has 0 unspecified atom stereocenters. The Hall–Kier alpha value is -0.834. The number of hydrogen-bond acceptors (Lipinski definition) is 4. The summed E-state index contributed by atoms with van der Waals surface area (Å²) in [7, 11) is 0. The van der Waals surface area contributed by atoms with Crippen molar-refractivity contribution < 1.29 is 65.8 Å². The number of rotatable bonds is 10. The third-order valence-corrected chi connectivity index (χ3v) is 5.45. The van der Waals surface area contributed by atoms with E-state index in [1.807, 2.05) is 6.08 Å². The average molecular weight is 528 g/mol. The smallest absolute Gasteiger partial charge is 0.358 e. The summed E-state index contributed by atoms with van der Waals surface area (Å²) in [6.07, 6.45) is 9.77. The Bertz CT molecular complexity index is 896. The summed E-state index contributed by atoms with van der Waals surface area (Å²) in [5.74, 6) is 0.326. The van der Waals surface area contributed by atoms with Crippen LogP contribution in [0.1, 0.15) is 82.5 Å². The molecule has 6 nitrogen and oxygen atoms in total. The number of Topliss-reactive ketones (excluding diaryl/α,β-unsaturated/α-hetero) is 1. The molecule has 0 spiro atoms. The second-order valence-electron chi connectivity index (χ2n) is 8.15. The molecule has 2 amide bonds. The van der Waals surface area contributed by atoms with Gasteiger partial charge in [0.1, 0.15) is 11.5 Å². The minimum absolute atomic E-state index is 0. The Morgan fingerprint density at radius 3 is 2.31 bits per heavy atom. The molecule has 1 aromatic rings. The monoisotopic (exact) mass is 527 g/mol. The van der Waals surface area contributed by atoms with E-state index < -0.39 is 0 Å². The third-order valence-electron chi connectivity index (χ3n) is 5.14. The molecule has 1 aromatic carbocycles. The fourth-order valence-corrected chi connectivity index (χ4v) is 3.27. The molecular weight excluding hydrogens is 489 g/mol. The number of nitrogens with one attached hydrogen (secondary N) is 2. The number of amides is 2. The zero-order valence-corrected chi connectivity index (χ0v) is 26.1. The molecule has 2 N–H and O–H groups in total. The first-order valence-electron chi connectivity index (χ1n) is 11.4. The molecule has 1 aliphatic heterocycles. The summed E-state index contributed by atoms with van der Waals surface area (Å²) < 4.78 is 0. The fraction of sp³-hybridized carbons (Fsp3) is 0.481. The maximum absolute atomic E-state index is 12.3. The number of ketones is 1. The van der Waals surface area contributed by atoms with Crippen LogP contribution in [0.4, 0.5) is 5.69 Å². The van der Waals surface area contributed by atoms with Crippen LogP contribution in [0, 0.1) is 26.8 Å². The van der Waals surface area contributed by atoms with E-state index in [0.717, 1.165) is 44.2 Å². The van der Waals surface area contributed by atoms with Crippen molar-refractivity contribution in [2.75, 3.05) is 11.9 Å². The van der Waals surface area contributed by atoms with Gasteiger partial charge in [0, 0.05) is 25.1 Å². The molecule has 0 bridgehead atoms. The topological polar surface area (TPSA) is 87.6 Å². The van der Waals surface area contributed by atoms with Crippen LogP contribution in [0.15, 0.2) is 28.9 Å². The van der Waals surface area contributed by atoms with Gasteiger partial charge < -0.3 is 30.3 Å². The summed E-state index contributed by atoms with van der Waals surface area (Å²) in [4.78, 5) is 39.2. The van der Waals surface area contributed by atoms with Gasteiger partial charge in [0.25, 0.3) is 5.91 Å². The van der Waals surface area contributed by atoms with E-state index in [1.54, 1.807) is 13.0 Å². The molecule has 1 heterocycles. The van der Waals surface area contributed by atoms with Crippen molar-refractivity contribution in [2.24, 2.45) is 10.9 Å². The summed E-state index contributed by atoms with van der Waals surface area (Å²) in [5.41, 5.74) is 2.26. The zero-order valence-electron chi connectivity index (χ0n) is 22.2. The molecular formula is C27H39ClKN3O3-2. The van der Waals surface area contributed by atoms with Crippen molar-refractivity contribution in [3.05, 3.63) is 55.4 Å². The Kier molecular flexibility index (Phi) is 20.0. The number of aliphatic imine (C=N–C) groups is 1. The van der Waals surface area contributed by atoms with Crippen molar-refractivity contribution in [1.29, 1.82) is 0 Å². The van der Waals surface area contributed by atoms with Gasteiger partial charge in [0.15, 0.2) is 0 Å². The summed E-state index contributed by atoms with van der Waals surface area (Å²) in [6, 6.07) is 5.92. The van der Waals surface area contributed by atoms with Gasteiger partial charge >= 0.3 is 51.4 Å². The first-order chi connectivity index (χ1) is 15.3. The van der Waals surface area contributed by atoms with E-state index >= 15 is 0 Å². The number of allylic oxidation sites excluding steroid dienone is 1. The van der Waals surface area contributed by atoms with Gasteiger partial charge in [0.2, 0.25) is 5.91 Å². The number of anilines is 1. The quantitative estimate of drug-likeness (QED) is 0.277. The van der Waals surface area contributed by atoms with Gasteiger partial charge in [-0.2, -0.15) is 23.7 Å². The summed E-state index contributed by atoms with van der Waals surface area (Å²) in [6.45, 7) is 6.37. The largest absolute Gasteiger partial charge is 1.00 e. The molecule has 190 valence electrons. The molecule has 1 saturated carbocycles. The third kappa shape index (κ3) is 13.3. The molecule has 1 aliphatic carbocycles. The molecule has 35 heavy (non-hydrogen) atoms.